The maximum absolute atomic E-state index is 12.6. The summed E-state index contributed by atoms with van der Waals surface area (Å²) in [5.41, 5.74) is 7.97. The predicted molar refractivity (Wildman–Crippen MR) is 96.0 cm³/mol. The van der Waals surface area contributed by atoms with Gasteiger partial charge in [-0.25, -0.2) is 0 Å². The maximum Gasteiger partial charge on any atom is 0.246 e. The van der Waals surface area contributed by atoms with Gasteiger partial charge in [0.25, 0.3) is 0 Å². The minimum absolute atomic E-state index is 0. The van der Waals surface area contributed by atoms with Crippen molar-refractivity contribution in [3.05, 3.63) is 66.2 Å². The van der Waals surface area contributed by atoms with E-state index in [-0.39, 0.29) is 24.9 Å². The number of rotatable bonds is 7. The van der Waals surface area contributed by atoms with Crippen molar-refractivity contribution >= 4 is 24.0 Å². The molecular formula is C18H23ClN2O2. The number of methoxy groups -OCH3 is 1. The number of carbonyl (C=O) groups is 1. The van der Waals surface area contributed by atoms with Gasteiger partial charge in [0.1, 0.15) is 6.04 Å². The Morgan fingerprint density at radius 3 is 2.22 bits per heavy atom. The Hall–Kier alpha value is -1.88. The van der Waals surface area contributed by atoms with Crippen LogP contribution in [0.4, 0.5) is 5.69 Å². The number of anilines is 1. The molecule has 1 atom stereocenters. The van der Waals surface area contributed by atoms with Gasteiger partial charge in [0.05, 0.1) is 6.61 Å². The number of benzene rings is 2. The van der Waals surface area contributed by atoms with E-state index in [2.05, 4.69) is 12.1 Å². The van der Waals surface area contributed by atoms with Gasteiger partial charge in [-0.05, 0) is 24.1 Å². The zero-order chi connectivity index (χ0) is 15.8. The van der Waals surface area contributed by atoms with Gasteiger partial charge in [-0.1, -0.05) is 48.5 Å². The SMILES string of the molecule is COCC(N)C(=O)N(CCc1ccccc1)c1ccccc1.Cl. The highest BCUT2D eigenvalue weighted by Crippen LogP contribution is 2.15. The van der Waals surface area contributed by atoms with Crippen molar-refractivity contribution in [2.24, 2.45) is 5.73 Å². The molecule has 2 aromatic rings. The topological polar surface area (TPSA) is 55.6 Å². The van der Waals surface area contributed by atoms with E-state index in [9.17, 15) is 4.79 Å². The first-order valence-electron chi connectivity index (χ1n) is 7.37. The Balaban J connectivity index is 0.00000264. The fourth-order valence-corrected chi connectivity index (χ4v) is 2.31. The van der Waals surface area contributed by atoms with E-state index in [1.165, 1.54) is 5.56 Å². The molecule has 0 fully saturated rings. The first-order valence-corrected chi connectivity index (χ1v) is 7.37. The van der Waals surface area contributed by atoms with Crippen LogP contribution in [0, 0.1) is 0 Å². The number of hydrogen-bond acceptors (Lipinski definition) is 3. The van der Waals surface area contributed by atoms with Gasteiger partial charge >= 0.3 is 0 Å². The molecular weight excluding hydrogens is 312 g/mol. The molecule has 0 aromatic heterocycles. The van der Waals surface area contributed by atoms with Crippen molar-refractivity contribution < 1.29 is 9.53 Å². The van der Waals surface area contributed by atoms with Crippen molar-refractivity contribution in [2.45, 2.75) is 12.5 Å². The van der Waals surface area contributed by atoms with E-state index in [1.807, 2.05) is 48.5 Å². The van der Waals surface area contributed by atoms with Crippen LogP contribution in [0.15, 0.2) is 60.7 Å². The molecule has 5 heteroatoms. The number of halogens is 1. The fourth-order valence-electron chi connectivity index (χ4n) is 2.31. The summed E-state index contributed by atoms with van der Waals surface area (Å²) in [5, 5.41) is 0. The first kappa shape index (κ1) is 19.2. The number of nitrogens with zero attached hydrogens (tertiary/aromatic N) is 1. The Morgan fingerprint density at radius 1 is 1.09 bits per heavy atom. The number of carbonyl (C=O) groups excluding carboxylic acids is 1. The van der Waals surface area contributed by atoms with Crippen LogP contribution in [0.3, 0.4) is 0 Å². The van der Waals surface area contributed by atoms with E-state index < -0.39 is 6.04 Å². The van der Waals surface area contributed by atoms with Crippen molar-refractivity contribution in [2.75, 3.05) is 25.2 Å². The average Bonchev–Trinajstić information content (AvgIpc) is 2.57. The third-order valence-corrected chi connectivity index (χ3v) is 3.46. The number of ether oxygens (including phenoxy) is 1. The Kier molecular flexibility index (Phi) is 8.33. The molecule has 124 valence electrons. The molecule has 4 nitrogen and oxygen atoms in total. The molecule has 0 heterocycles. The zero-order valence-corrected chi connectivity index (χ0v) is 14.0. The minimum atomic E-state index is -0.652. The number of hydrogen-bond donors (Lipinski definition) is 1. The molecule has 0 saturated heterocycles. The summed E-state index contributed by atoms with van der Waals surface area (Å²) in [6, 6.07) is 19.1. The Labute approximate surface area is 143 Å². The van der Waals surface area contributed by atoms with E-state index in [4.69, 9.17) is 10.5 Å². The number of amides is 1. The second-order valence-corrected chi connectivity index (χ2v) is 5.12. The molecule has 0 aliphatic heterocycles. The molecule has 0 saturated carbocycles. The van der Waals surface area contributed by atoms with Crippen LogP contribution in [-0.4, -0.2) is 32.2 Å². The Morgan fingerprint density at radius 2 is 1.65 bits per heavy atom. The van der Waals surface area contributed by atoms with Crippen LogP contribution in [0.5, 0.6) is 0 Å². The normalized spacial score (nSPS) is 11.4. The average molecular weight is 335 g/mol. The summed E-state index contributed by atoms with van der Waals surface area (Å²) in [6.45, 7) is 0.803. The largest absolute Gasteiger partial charge is 0.383 e. The highest BCUT2D eigenvalue weighted by atomic mass is 35.5. The number of nitrogens with two attached hydrogens (primary N) is 1. The summed E-state index contributed by atoms with van der Waals surface area (Å²) >= 11 is 0. The lowest BCUT2D eigenvalue weighted by Crippen LogP contribution is -2.47. The van der Waals surface area contributed by atoms with E-state index in [1.54, 1.807) is 12.0 Å². The molecule has 0 aliphatic carbocycles. The lowest BCUT2D eigenvalue weighted by molar-refractivity contribution is -0.120. The van der Waals surface area contributed by atoms with Gasteiger partial charge in [-0.15, -0.1) is 12.4 Å². The lowest BCUT2D eigenvalue weighted by Gasteiger charge is -2.25. The molecule has 2 aromatic carbocycles. The van der Waals surface area contributed by atoms with E-state index in [0.717, 1.165) is 12.1 Å². The van der Waals surface area contributed by atoms with Gasteiger partial charge in [-0.3, -0.25) is 4.79 Å². The quantitative estimate of drug-likeness (QED) is 0.847. The third kappa shape index (κ3) is 5.67. The van der Waals surface area contributed by atoms with E-state index >= 15 is 0 Å². The first-order chi connectivity index (χ1) is 10.7. The van der Waals surface area contributed by atoms with Crippen molar-refractivity contribution in [1.82, 2.24) is 0 Å². The lowest BCUT2D eigenvalue weighted by atomic mass is 10.1. The maximum atomic E-state index is 12.6. The molecule has 0 spiro atoms. The smallest absolute Gasteiger partial charge is 0.246 e. The molecule has 0 aliphatic rings. The molecule has 1 unspecified atom stereocenters. The second kappa shape index (κ2) is 10.0. The van der Waals surface area contributed by atoms with Gasteiger partial charge in [-0.2, -0.15) is 0 Å². The van der Waals surface area contributed by atoms with Crippen LogP contribution in [0.2, 0.25) is 0 Å². The molecule has 0 radical (unpaired) electrons. The van der Waals surface area contributed by atoms with Crippen molar-refractivity contribution in [3.8, 4) is 0 Å². The van der Waals surface area contributed by atoms with E-state index in [0.29, 0.717) is 6.54 Å². The van der Waals surface area contributed by atoms with Gasteiger partial charge < -0.3 is 15.4 Å². The number of para-hydroxylation sites is 1. The van der Waals surface area contributed by atoms with Crippen molar-refractivity contribution in [1.29, 1.82) is 0 Å². The van der Waals surface area contributed by atoms with Crippen molar-refractivity contribution in [3.63, 3.8) is 0 Å². The fraction of sp³-hybridized carbons (Fsp3) is 0.278. The van der Waals surface area contributed by atoms with Crippen LogP contribution in [0.25, 0.3) is 0 Å². The summed E-state index contributed by atoms with van der Waals surface area (Å²) in [4.78, 5) is 14.3. The van der Waals surface area contributed by atoms with Crippen LogP contribution in [0.1, 0.15) is 5.56 Å². The Bertz CT molecular complexity index is 578. The summed E-state index contributed by atoms with van der Waals surface area (Å²) < 4.78 is 5.00. The highest BCUT2D eigenvalue weighted by molar-refractivity contribution is 5.97. The van der Waals surface area contributed by atoms with Gasteiger partial charge in [0, 0.05) is 19.3 Å². The van der Waals surface area contributed by atoms with Crippen LogP contribution in [-0.2, 0) is 16.0 Å². The standard InChI is InChI=1S/C18H22N2O2.ClH/c1-22-14-17(19)18(21)20(16-10-6-3-7-11-16)13-12-15-8-4-2-5-9-15;/h2-11,17H,12-14,19H2,1H3;1H. The molecule has 23 heavy (non-hydrogen) atoms. The summed E-state index contributed by atoms with van der Waals surface area (Å²) in [5.74, 6) is -0.121. The summed E-state index contributed by atoms with van der Waals surface area (Å²) in [6.07, 6.45) is 0.779. The van der Waals surface area contributed by atoms with Crippen LogP contribution < -0.4 is 10.6 Å². The molecule has 2 N–H and O–H groups in total. The molecule has 0 bridgehead atoms. The van der Waals surface area contributed by atoms with Gasteiger partial charge in [0.15, 0.2) is 0 Å². The molecule has 2 rings (SSSR count). The second-order valence-electron chi connectivity index (χ2n) is 5.12. The van der Waals surface area contributed by atoms with Gasteiger partial charge in [0.2, 0.25) is 5.91 Å². The molecule has 1 amide bonds. The third-order valence-electron chi connectivity index (χ3n) is 3.46. The minimum Gasteiger partial charge on any atom is -0.383 e. The summed E-state index contributed by atoms with van der Waals surface area (Å²) in [7, 11) is 1.55. The monoisotopic (exact) mass is 334 g/mol. The highest BCUT2D eigenvalue weighted by Gasteiger charge is 2.22. The van der Waals surface area contributed by atoms with Crippen LogP contribution >= 0.6 is 12.4 Å². The predicted octanol–water partition coefficient (Wildman–Crippen LogP) is 2.66. The zero-order valence-electron chi connectivity index (χ0n) is 13.2.